The number of aryl methyl sites for hydroxylation is 1. The number of anilines is 1. The number of nitrogens with one attached hydrogen (secondary N) is 1. The maximum atomic E-state index is 4.83. The van der Waals surface area contributed by atoms with Crippen molar-refractivity contribution in [3.63, 3.8) is 0 Å². The van der Waals surface area contributed by atoms with Crippen LogP contribution in [0.3, 0.4) is 0 Å². The molecule has 1 rings (SSSR count). The summed E-state index contributed by atoms with van der Waals surface area (Å²) in [5.41, 5.74) is 1.19. The highest BCUT2D eigenvalue weighted by Crippen LogP contribution is 2.03. The minimum Gasteiger partial charge on any atom is -0.422 e. The van der Waals surface area contributed by atoms with Crippen LogP contribution in [0.15, 0.2) is 18.3 Å². The van der Waals surface area contributed by atoms with Crippen LogP contribution in [0.25, 0.3) is 0 Å². The maximum Gasteiger partial charge on any atom is 0.395 e. The lowest BCUT2D eigenvalue weighted by Crippen LogP contribution is -2.09. The average Bonchev–Trinajstić information content (AvgIpc) is 2.01. The second-order valence-electron chi connectivity index (χ2n) is 2.33. The summed E-state index contributed by atoms with van der Waals surface area (Å²) >= 11 is 0. The van der Waals surface area contributed by atoms with Gasteiger partial charge in [0, 0.05) is 13.3 Å². The first-order valence-corrected chi connectivity index (χ1v) is 3.48. The molecule has 1 aromatic rings. The number of hydrogen-bond donors (Lipinski definition) is 1. The number of pyridine rings is 1. The summed E-state index contributed by atoms with van der Waals surface area (Å²) in [7, 11) is 2.14. The Hall–Kier alpha value is -1.03. The van der Waals surface area contributed by atoms with E-state index in [-0.39, 0.29) is 0 Å². The van der Waals surface area contributed by atoms with E-state index >= 15 is 0 Å². The quantitative estimate of drug-likeness (QED) is 0.644. The van der Waals surface area contributed by atoms with Gasteiger partial charge in [0.1, 0.15) is 5.82 Å². The second kappa shape index (κ2) is 3.98. The molecule has 0 aliphatic heterocycles. The highest BCUT2D eigenvalue weighted by atomic mass is 16.4. The van der Waals surface area contributed by atoms with Crippen LogP contribution in [0.5, 0.6) is 0 Å². The molecular formula is C7H11BN2O. The van der Waals surface area contributed by atoms with E-state index in [2.05, 4.69) is 10.2 Å². The zero-order valence-corrected chi connectivity index (χ0v) is 6.79. The lowest BCUT2D eigenvalue weighted by atomic mass is 10.2. The van der Waals surface area contributed by atoms with Gasteiger partial charge in [0.05, 0.1) is 0 Å². The zero-order chi connectivity index (χ0) is 8.10. The SMILES string of the molecule is COBNc1cc(C)ccn1. The van der Waals surface area contributed by atoms with Gasteiger partial charge in [-0.1, -0.05) is 0 Å². The summed E-state index contributed by atoms with van der Waals surface area (Å²) in [5.74, 6) is 0.854. The van der Waals surface area contributed by atoms with Crippen LogP contribution < -0.4 is 5.23 Å². The van der Waals surface area contributed by atoms with Gasteiger partial charge >= 0.3 is 7.62 Å². The molecular weight excluding hydrogens is 139 g/mol. The van der Waals surface area contributed by atoms with E-state index in [0.717, 1.165) is 5.82 Å². The Morgan fingerprint density at radius 2 is 2.45 bits per heavy atom. The molecule has 11 heavy (non-hydrogen) atoms. The van der Waals surface area contributed by atoms with Crippen LogP contribution in [0.2, 0.25) is 0 Å². The number of hydrogen-bond acceptors (Lipinski definition) is 3. The molecule has 1 N–H and O–H groups in total. The summed E-state index contributed by atoms with van der Waals surface area (Å²) in [6, 6.07) is 3.93. The minimum atomic E-state index is 0.496. The molecule has 0 saturated heterocycles. The van der Waals surface area contributed by atoms with Gasteiger partial charge in [0.25, 0.3) is 0 Å². The molecule has 1 heterocycles. The van der Waals surface area contributed by atoms with Crippen LogP contribution in [0, 0.1) is 6.92 Å². The molecule has 0 saturated carbocycles. The van der Waals surface area contributed by atoms with Gasteiger partial charge in [-0.05, 0) is 24.6 Å². The standard InChI is InChI=1S/C7H11BN2O/c1-6-3-4-9-7(5-6)10-8-11-2/h3-5,8H,1-2H3,(H,9,10). The highest BCUT2D eigenvalue weighted by Gasteiger charge is 1.92. The Labute approximate surface area is 67.1 Å². The fourth-order valence-corrected chi connectivity index (χ4v) is 0.779. The Morgan fingerprint density at radius 3 is 3.09 bits per heavy atom. The van der Waals surface area contributed by atoms with E-state index < -0.39 is 0 Å². The monoisotopic (exact) mass is 150 g/mol. The molecule has 0 fully saturated rings. The summed E-state index contributed by atoms with van der Waals surface area (Å²) in [6.45, 7) is 2.03. The van der Waals surface area contributed by atoms with Crippen molar-refractivity contribution >= 4 is 13.4 Å². The van der Waals surface area contributed by atoms with Crippen molar-refractivity contribution < 1.29 is 4.65 Å². The van der Waals surface area contributed by atoms with Crippen molar-refractivity contribution in [2.24, 2.45) is 0 Å². The van der Waals surface area contributed by atoms with Gasteiger partial charge in [-0.15, -0.1) is 0 Å². The van der Waals surface area contributed by atoms with Crippen LogP contribution in [-0.4, -0.2) is 19.7 Å². The molecule has 58 valence electrons. The lowest BCUT2D eigenvalue weighted by Gasteiger charge is -2.01. The second-order valence-corrected chi connectivity index (χ2v) is 2.33. The van der Waals surface area contributed by atoms with Crippen LogP contribution in [0.4, 0.5) is 5.82 Å². The summed E-state index contributed by atoms with van der Waals surface area (Å²) in [5, 5.41) is 3.00. The van der Waals surface area contributed by atoms with E-state index in [1.165, 1.54) is 5.56 Å². The third kappa shape index (κ3) is 2.59. The van der Waals surface area contributed by atoms with Crippen molar-refractivity contribution in [2.75, 3.05) is 12.3 Å². The predicted octanol–water partition coefficient (Wildman–Crippen LogP) is 0.715. The molecule has 0 aromatic carbocycles. The van der Waals surface area contributed by atoms with Crippen molar-refractivity contribution in [1.29, 1.82) is 0 Å². The first-order chi connectivity index (χ1) is 5.33. The van der Waals surface area contributed by atoms with Gasteiger partial charge < -0.3 is 9.88 Å². The van der Waals surface area contributed by atoms with E-state index in [1.807, 2.05) is 19.1 Å². The minimum absolute atomic E-state index is 0.496. The molecule has 0 spiro atoms. The molecule has 1 aromatic heterocycles. The molecule has 4 heteroatoms. The Balaban J connectivity index is 2.56. The van der Waals surface area contributed by atoms with Crippen molar-refractivity contribution in [1.82, 2.24) is 4.98 Å². The van der Waals surface area contributed by atoms with Gasteiger partial charge in [0.15, 0.2) is 0 Å². The lowest BCUT2D eigenvalue weighted by molar-refractivity contribution is 0.446. The van der Waals surface area contributed by atoms with Gasteiger partial charge in [-0.3, -0.25) is 0 Å². The van der Waals surface area contributed by atoms with E-state index in [4.69, 9.17) is 4.65 Å². The number of nitrogens with zero attached hydrogens (tertiary/aromatic N) is 1. The average molecular weight is 150 g/mol. The molecule has 0 atom stereocenters. The molecule has 0 radical (unpaired) electrons. The largest absolute Gasteiger partial charge is 0.422 e. The summed E-state index contributed by atoms with van der Waals surface area (Å²) in [6.07, 6.45) is 1.77. The normalized spacial score (nSPS) is 9.27. The molecule has 0 unspecified atom stereocenters. The third-order valence-electron chi connectivity index (χ3n) is 1.31. The number of rotatable bonds is 3. The Morgan fingerprint density at radius 1 is 1.64 bits per heavy atom. The van der Waals surface area contributed by atoms with E-state index in [9.17, 15) is 0 Å². The first-order valence-electron chi connectivity index (χ1n) is 3.48. The van der Waals surface area contributed by atoms with Gasteiger partial charge in [0.2, 0.25) is 0 Å². The summed E-state index contributed by atoms with van der Waals surface area (Å²) in [4.78, 5) is 4.09. The molecule has 0 aliphatic carbocycles. The van der Waals surface area contributed by atoms with Gasteiger partial charge in [-0.25, -0.2) is 4.98 Å². The fourth-order valence-electron chi connectivity index (χ4n) is 0.779. The molecule has 0 amide bonds. The fraction of sp³-hybridized carbons (Fsp3) is 0.286. The number of aromatic nitrogens is 1. The summed E-state index contributed by atoms with van der Waals surface area (Å²) < 4.78 is 4.83. The van der Waals surface area contributed by atoms with Crippen molar-refractivity contribution in [3.8, 4) is 0 Å². The smallest absolute Gasteiger partial charge is 0.395 e. The first kappa shape index (κ1) is 8.08. The van der Waals surface area contributed by atoms with E-state index in [1.54, 1.807) is 13.3 Å². The van der Waals surface area contributed by atoms with Gasteiger partial charge in [-0.2, -0.15) is 0 Å². The van der Waals surface area contributed by atoms with E-state index in [0.29, 0.717) is 7.62 Å². The third-order valence-corrected chi connectivity index (χ3v) is 1.31. The van der Waals surface area contributed by atoms with Crippen LogP contribution in [-0.2, 0) is 4.65 Å². The Kier molecular flexibility index (Phi) is 2.92. The maximum absolute atomic E-state index is 4.83. The van der Waals surface area contributed by atoms with Crippen LogP contribution in [0.1, 0.15) is 5.56 Å². The molecule has 3 nitrogen and oxygen atoms in total. The molecule has 0 aliphatic rings. The predicted molar refractivity (Wildman–Crippen MR) is 46.8 cm³/mol. The van der Waals surface area contributed by atoms with Crippen molar-refractivity contribution in [3.05, 3.63) is 23.9 Å². The zero-order valence-electron chi connectivity index (χ0n) is 6.79. The molecule has 0 bridgehead atoms. The van der Waals surface area contributed by atoms with Crippen LogP contribution >= 0.6 is 0 Å². The Bertz CT molecular complexity index is 229. The van der Waals surface area contributed by atoms with Crippen molar-refractivity contribution in [2.45, 2.75) is 6.92 Å². The topological polar surface area (TPSA) is 34.1 Å². The highest BCUT2D eigenvalue weighted by molar-refractivity contribution is 6.32.